The van der Waals surface area contributed by atoms with Crippen LogP contribution in [0.25, 0.3) is 71.3 Å². The van der Waals surface area contributed by atoms with Gasteiger partial charge in [0.2, 0.25) is 0 Å². The predicted octanol–water partition coefficient (Wildman–Crippen LogP) is 13.3. The minimum Gasteiger partial charge on any atom is -0.478 e. The summed E-state index contributed by atoms with van der Waals surface area (Å²) in [6.07, 6.45) is 0. The molecule has 0 unspecified atom stereocenters. The van der Waals surface area contributed by atoms with Gasteiger partial charge in [0.05, 0.1) is 27.8 Å². The van der Waals surface area contributed by atoms with Crippen molar-refractivity contribution in [3.63, 3.8) is 0 Å². The molecule has 10 rings (SSSR count). The molecule has 1 aromatic heterocycles. The van der Waals surface area contributed by atoms with Crippen LogP contribution in [0.2, 0.25) is 0 Å². The molecule has 0 radical (unpaired) electrons. The van der Waals surface area contributed by atoms with Crippen LogP contribution in [0, 0.1) is 0 Å². The monoisotopic (exact) mass is 750 g/mol. The van der Waals surface area contributed by atoms with Crippen molar-refractivity contribution in [2.75, 3.05) is 4.90 Å². The molecule has 0 saturated heterocycles. The van der Waals surface area contributed by atoms with Crippen LogP contribution in [0.15, 0.2) is 194 Å². The highest BCUT2D eigenvalue weighted by Gasteiger charge is 2.24. The lowest BCUT2D eigenvalue weighted by Gasteiger charge is -2.29. The number of fused-ring (bicyclic) bond motifs is 5. The second-order valence-electron chi connectivity index (χ2n) is 14.3. The standard InChI is InChI=1S/C52H34N2O4/c55-51(56)35-26-22-33(23-27-35)48-41-17-7-8-18-42(41)49(34-24-28-36(29-25-34)52(57)58)50-43(48)19-11-21-47(50)53(37-12-3-1-4-13-37)39-30-31-46-44(32-39)40-16-9-10-20-45(40)54(46)38-14-5-2-6-15-38/h1-32H,(H,55,56)(H,57,58). The molecule has 0 saturated carbocycles. The van der Waals surface area contributed by atoms with Crippen LogP contribution in [0.1, 0.15) is 20.7 Å². The van der Waals surface area contributed by atoms with E-state index in [1.165, 1.54) is 0 Å². The zero-order valence-electron chi connectivity index (χ0n) is 31.1. The van der Waals surface area contributed by atoms with Crippen LogP contribution < -0.4 is 4.90 Å². The van der Waals surface area contributed by atoms with E-state index in [1.54, 1.807) is 24.3 Å². The smallest absolute Gasteiger partial charge is 0.335 e. The van der Waals surface area contributed by atoms with Crippen molar-refractivity contribution in [1.82, 2.24) is 4.57 Å². The number of hydrogen-bond acceptors (Lipinski definition) is 3. The van der Waals surface area contributed by atoms with Crippen molar-refractivity contribution in [3.05, 3.63) is 205 Å². The Morgan fingerprint density at radius 3 is 1.57 bits per heavy atom. The van der Waals surface area contributed by atoms with E-state index in [-0.39, 0.29) is 11.1 Å². The minimum atomic E-state index is -0.985. The molecule has 0 fully saturated rings. The maximum absolute atomic E-state index is 12.0. The number of para-hydroxylation sites is 3. The van der Waals surface area contributed by atoms with Crippen molar-refractivity contribution in [2.24, 2.45) is 0 Å². The molecular weight excluding hydrogens is 717 g/mol. The van der Waals surface area contributed by atoms with Gasteiger partial charge in [-0.1, -0.05) is 115 Å². The number of carboxylic acids is 2. The highest BCUT2D eigenvalue weighted by atomic mass is 16.4. The molecule has 1 heterocycles. The fourth-order valence-corrected chi connectivity index (χ4v) is 8.53. The van der Waals surface area contributed by atoms with E-state index in [4.69, 9.17) is 0 Å². The minimum absolute atomic E-state index is 0.210. The zero-order chi connectivity index (χ0) is 39.3. The maximum atomic E-state index is 12.0. The van der Waals surface area contributed by atoms with Gasteiger partial charge in [0, 0.05) is 33.2 Å². The van der Waals surface area contributed by atoms with Crippen molar-refractivity contribution in [2.45, 2.75) is 0 Å². The molecule has 276 valence electrons. The third kappa shape index (κ3) is 5.66. The Morgan fingerprint density at radius 1 is 0.414 bits per heavy atom. The van der Waals surface area contributed by atoms with Crippen LogP contribution in [0.3, 0.4) is 0 Å². The van der Waals surface area contributed by atoms with Gasteiger partial charge < -0.3 is 19.7 Å². The van der Waals surface area contributed by atoms with Gasteiger partial charge in [0.25, 0.3) is 0 Å². The Kier molecular flexibility index (Phi) is 8.31. The zero-order valence-corrected chi connectivity index (χ0v) is 31.1. The number of benzene rings is 9. The van der Waals surface area contributed by atoms with Crippen molar-refractivity contribution < 1.29 is 19.8 Å². The van der Waals surface area contributed by atoms with Crippen molar-refractivity contribution in [3.8, 4) is 27.9 Å². The number of nitrogens with zero attached hydrogens (tertiary/aromatic N) is 2. The molecule has 0 aliphatic rings. The lowest BCUT2D eigenvalue weighted by molar-refractivity contribution is 0.0686. The molecule has 0 amide bonds. The van der Waals surface area contributed by atoms with Gasteiger partial charge in [-0.05, 0) is 117 Å². The van der Waals surface area contributed by atoms with Crippen molar-refractivity contribution in [1.29, 1.82) is 0 Å². The molecule has 6 heteroatoms. The number of aromatic nitrogens is 1. The molecule has 58 heavy (non-hydrogen) atoms. The normalized spacial score (nSPS) is 11.4. The van der Waals surface area contributed by atoms with Crippen LogP contribution in [-0.2, 0) is 0 Å². The SMILES string of the molecule is O=C(O)c1ccc(-c2c3ccccc3c(-c3ccc(C(=O)O)cc3)c3c(N(c4ccccc4)c4ccc5c(c4)c4ccccc4n5-c4ccccc4)cccc23)cc1. The lowest BCUT2D eigenvalue weighted by atomic mass is 9.84. The van der Waals surface area contributed by atoms with Crippen LogP contribution in [-0.4, -0.2) is 26.7 Å². The molecule has 9 aromatic carbocycles. The number of rotatable bonds is 8. The summed E-state index contributed by atoms with van der Waals surface area (Å²) in [6.45, 7) is 0. The van der Waals surface area contributed by atoms with Gasteiger partial charge in [0.15, 0.2) is 0 Å². The highest BCUT2D eigenvalue weighted by molar-refractivity contribution is 6.25. The maximum Gasteiger partial charge on any atom is 0.335 e. The summed E-state index contributed by atoms with van der Waals surface area (Å²) in [7, 11) is 0. The largest absolute Gasteiger partial charge is 0.478 e. The number of aromatic carboxylic acids is 2. The van der Waals surface area contributed by atoms with E-state index in [1.807, 2.05) is 60.7 Å². The summed E-state index contributed by atoms with van der Waals surface area (Å²) < 4.78 is 2.31. The number of hydrogen-bond donors (Lipinski definition) is 2. The first-order valence-electron chi connectivity index (χ1n) is 19.0. The summed E-state index contributed by atoms with van der Waals surface area (Å²) in [5, 5.41) is 25.8. The molecule has 0 aliphatic carbocycles. The Hall–Kier alpha value is -7.96. The van der Waals surface area contributed by atoms with E-state index in [0.717, 1.165) is 88.4 Å². The van der Waals surface area contributed by atoms with E-state index in [0.29, 0.717) is 0 Å². The second-order valence-corrected chi connectivity index (χ2v) is 14.3. The third-order valence-corrected chi connectivity index (χ3v) is 11.1. The summed E-state index contributed by atoms with van der Waals surface area (Å²) in [6, 6.07) is 64.7. The Balaban J connectivity index is 1.32. The van der Waals surface area contributed by atoms with E-state index >= 15 is 0 Å². The fourth-order valence-electron chi connectivity index (χ4n) is 8.53. The van der Waals surface area contributed by atoms with Gasteiger partial charge in [-0.2, -0.15) is 0 Å². The van der Waals surface area contributed by atoms with E-state index in [9.17, 15) is 19.8 Å². The Morgan fingerprint density at radius 2 is 0.931 bits per heavy atom. The first-order valence-corrected chi connectivity index (χ1v) is 19.0. The first kappa shape index (κ1) is 34.5. The Bertz CT molecular complexity index is 3210. The first-order chi connectivity index (χ1) is 28.5. The summed E-state index contributed by atoms with van der Waals surface area (Å²) in [5.74, 6) is -1.97. The summed E-state index contributed by atoms with van der Waals surface area (Å²) >= 11 is 0. The Labute approximate surface area is 333 Å². The molecule has 10 aromatic rings. The van der Waals surface area contributed by atoms with Gasteiger partial charge in [0.1, 0.15) is 0 Å². The highest BCUT2D eigenvalue weighted by Crippen LogP contribution is 2.50. The third-order valence-electron chi connectivity index (χ3n) is 11.1. The fraction of sp³-hybridized carbons (Fsp3) is 0. The van der Waals surface area contributed by atoms with Crippen molar-refractivity contribution >= 4 is 72.4 Å². The average Bonchev–Trinajstić information content (AvgIpc) is 3.60. The van der Waals surface area contributed by atoms with Gasteiger partial charge in [-0.25, -0.2) is 9.59 Å². The second kappa shape index (κ2) is 14.0. The topological polar surface area (TPSA) is 82.8 Å². The van der Waals surface area contributed by atoms with E-state index in [2.05, 4.69) is 119 Å². The average molecular weight is 751 g/mol. The summed E-state index contributed by atoms with van der Waals surface area (Å²) in [5.41, 5.74) is 10.3. The number of carboxylic acid groups (broad SMARTS) is 2. The van der Waals surface area contributed by atoms with Gasteiger partial charge in [-0.15, -0.1) is 0 Å². The van der Waals surface area contributed by atoms with Crippen LogP contribution >= 0.6 is 0 Å². The predicted molar refractivity (Wildman–Crippen MR) is 235 cm³/mol. The number of carbonyl (C=O) groups is 2. The molecule has 0 bridgehead atoms. The van der Waals surface area contributed by atoms with E-state index < -0.39 is 11.9 Å². The molecule has 2 N–H and O–H groups in total. The van der Waals surface area contributed by atoms with Crippen LogP contribution in [0.4, 0.5) is 17.1 Å². The van der Waals surface area contributed by atoms with Gasteiger partial charge in [-0.3, -0.25) is 0 Å². The molecule has 0 aliphatic heterocycles. The summed E-state index contributed by atoms with van der Waals surface area (Å²) in [4.78, 5) is 26.2. The lowest BCUT2D eigenvalue weighted by Crippen LogP contribution is -2.11. The molecule has 6 nitrogen and oxygen atoms in total. The number of anilines is 3. The molecule has 0 atom stereocenters. The molecule has 0 spiro atoms. The molecular formula is C52H34N2O4. The quantitative estimate of drug-likeness (QED) is 0.151. The van der Waals surface area contributed by atoms with Crippen LogP contribution in [0.5, 0.6) is 0 Å². The van der Waals surface area contributed by atoms with Gasteiger partial charge >= 0.3 is 11.9 Å².